The van der Waals surface area contributed by atoms with E-state index in [2.05, 4.69) is 29.2 Å². The molecule has 1 amide bonds. The summed E-state index contributed by atoms with van der Waals surface area (Å²) >= 11 is 7.75. The molecular formula is C20H21ClN4O3S. The van der Waals surface area contributed by atoms with Gasteiger partial charge in [-0.3, -0.25) is 14.8 Å². The largest absolute Gasteiger partial charge is 0.486 e. The number of nitrogens with zero attached hydrogens (tertiary/aromatic N) is 3. The van der Waals surface area contributed by atoms with E-state index in [1.54, 1.807) is 11.6 Å². The summed E-state index contributed by atoms with van der Waals surface area (Å²) in [7, 11) is 0. The van der Waals surface area contributed by atoms with E-state index in [4.69, 9.17) is 21.1 Å². The van der Waals surface area contributed by atoms with E-state index in [0.29, 0.717) is 53.0 Å². The van der Waals surface area contributed by atoms with Gasteiger partial charge in [0.1, 0.15) is 18.4 Å². The number of hydrogen-bond acceptors (Lipinski definition) is 6. The Balaban J connectivity index is 1.52. The van der Waals surface area contributed by atoms with Crippen LogP contribution in [0, 0.1) is 12.8 Å². The molecule has 3 aromatic rings. The van der Waals surface area contributed by atoms with Crippen molar-refractivity contribution in [3.8, 4) is 22.8 Å². The molecule has 0 fully saturated rings. The maximum absolute atomic E-state index is 12.8. The number of benzene rings is 1. The van der Waals surface area contributed by atoms with Gasteiger partial charge in [0.05, 0.1) is 17.0 Å². The third-order valence-electron chi connectivity index (χ3n) is 4.39. The maximum Gasteiger partial charge on any atom is 0.262 e. The highest BCUT2D eigenvalue weighted by atomic mass is 35.5. The van der Waals surface area contributed by atoms with E-state index in [1.165, 1.54) is 11.3 Å². The zero-order valence-corrected chi connectivity index (χ0v) is 17.9. The Morgan fingerprint density at radius 3 is 2.83 bits per heavy atom. The summed E-state index contributed by atoms with van der Waals surface area (Å²) in [6, 6.07) is 5.69. The van der Waals surface area contributed by atoms with Crippen LogP contribution in [0.25, 0.3) is 11.3 Å². The highest BCUT2D eigenvalue weighted by Crippen LogP contribution is 2.35. The molecule has 1 aliphatic rings. The van der Waals surface area contributed by atoms with Crippen LogP contribution in [0.15, 0.2) is 23.6 Å². The van der Waals surface area contributed by atoms with E-state index < -0.39 is 0 Å². The van der Waals surface area contributed by atoms with Crippen molar-refractivity contribution in [1.82, 2.24) is 14.8 Å². The van der Waals surface area contributed by atoms with Crippen LogP contribution in [0.2, 0.25) is 5.15 Å². The third-order valence-corrected chi connectivity index (χ3v) is 5.53. The standard InChI is InChI=1S/C20H21ClN4O3S/c1-11(2)9-25-18(21)17(12(3)24-25)19(26)23-20-22-14(10-29-20)13-4-5-15-16(8-13)28-7-6-27-15/h4-5,8,10-11H,6-7,9H2,1-3H3,(H,22,23,26). The second-order valence-electron chi connectivity index (χ2n) is 7.18. The summed E-state index contributed by atoms with van der Waals surface area (Å²) in [5, 5.41) is 9.95. The lowest BCUT2D eigenvalue weighted by Gasteiger charge is -2.18. The molecule has 0 radical (unpaired) electrons. The lowest BCUT2D eigenvalue weighted by atomic mass is 10.1. The minimum absolute atomic E-state index is 0.314. The predicted octanol–water partition coefficient (Wildman–Crippen LogP) is 4.65. The first-order chi connectivity index (χ1) is 13.9. The molecule has 9 heteroatoms. The average Bonchev–Trinajstić information content (AvgIpc) is 3.25. The Kier molecular flexibility index (Phi) is 5.47. The van der Waals surface area contributed by atoms with Crippen molar-refractivity contribution < 1.29 is 14.3 Å². The second-order valence-corrected chi connectivity index (χ2v) is 8.39. The van der Waals surface area contributed by atoms with Gasteiger partial charge >= 0.3 is 0 Å². The van der Waals surface area contributed by atoms with Crippen molar-refractivity contribution >= 4 is 34.0 Å². The smallest absolute Gasteiger partial charge is 0.262 e. The van der Waals surface area contributed by atoms with Crippen LogP contribution in [-0.4, -0.2) is 33.9 Å². The number of amides is 1. The van der Waals surface area contributed by atoms with Crippen LogP contribution in [0.5, 0.6) is 11.5 Å². The van der Waals surface area contributed by atoms with E-state index in [9.17, 15) is 4.79 Å². The molecule has 1 aliphatic heterocycles. The van der Waals surface area contributed by atoms with Gasteiger partial charge in [0.2, 0.25) is 0 Å². The quantitative estimate of drug-likeness (QED) is 0.635. The van der Waals surface area contributed by atoms with Gasteiger partial charge in [-0.15, -0.1) is 11.3 Å². The minimum Gasteiger partial charge on any atom is -0.486 e. The van der Waals surface area contributed by atoms with Crippen LogP contribution in [0.4, 0.5) is 5.13 Å². The maximum atomic E-state index is 12.8. The van der Waals surface area contributed by atoms with Crippen LogP contribution in [-0.2, 0) is 6.54 Å². The molecule has 1 N–H and O–H groups in total. The van der Waals surface area contributed by atoms with Gasteiger partial charge in [-0.1, -0.05) is 25.4 Å². The van der Waals surface area contributed by atoms with E-state index in [1.807, 2.05) is 23.6 Å². The zero-order chi connectivity index (χ0) is 20.5. The fraction of sp³-hybridized carbons (Fsp3) is 0.350. The highest BCUT2D eigenvalue weighted by molar-refractivity contribution is 7.14. The van der Waals surface area contributed by atoms with Crippen molar-refractivity contribution in [1.29, 1.82) is 0 Å². The Morgan fingerprint density at radius 2 is 2.07 bits per heavy atom. The first kappa shape index (κ1) is 19.7. The van der Waals surface area contributed by atoms with Gasteiger partial charge in [0, 0.05) is 17.5 Å². The topological polar surface area (TPSA) is 78.3 Å². The number of fused-ring (bicyclic) bond motifs is 1. The highest BCUT2D eigenvalue weighted by Gasteiger charge is 2.22. The van der Waals surface area contributed by atoms with E-state index in [0.717, 1.165) is 17.0 Å². The van der Waals surface area contributed by atoms with E-state index >= 15 is 0 Å². The lowest BCUT2D eigenvalue weighted by molar-refractivity contribution is 0.102. The number of aromatic nitrogens is 3. The van der Waals surface area contributed by atoms with E-state index in [-0.39, 0.29) is 5.91 Å². The number of nitrogens with one attached hydrogen (secondary N) is 1. The molecule has 4 rings (SSSR count). The summed E-state index contributed by atoms with van der Waals surface area (Å²) in [5.74, 6) is 1.49. The Morgan fingerprint density at radius 1 is 1.31 bits per heavy atom. The Labute approximate surface area is 177 Å². The fourth-order valence-electron chi connectivity index (χ4n) is 3.10. The third kappa shape index (κ3) is 4.09. The second kappa shape index (κ2) is 8.04. The molecule has 7 nitrogen and oxygen atoms in total. The molecule has 0 bridgehead atoms. The number of carbonyl (C=O) groups excluding carboxylic acids is 1. The number of ether oxygens (including phenoxy) is 2. The van der Waals surface area contributed by atoms with Crippen molar-refractivity contribution in [2.45, 2.75) is 27.3 Å². The summed E-state index contributed by atoms with van der Waals surface area (Å²) in [6.07, 6.45) is 0. The average molecular weight is 433 g/mol. The molecule has 3 heterocycles. The molecule has 0 aliphatic carbocycles. The first-order valence-electron chi connectivity index (χ1n) is 9.32. The number of rotatable bonds is 5. The predicted molar refractivity (Wildman–Crippen MR) is 113 cm³/mol. The summed E-state index contributed by atoms with van der Waals surface area (Å²) < 4.78 is 12.8. The molecule has 0 saturated carbocycles. The minimum atomic E-state index is -0.314. The Hall–Kier alpha value is -2.58. The van der Waals surface area contributed by atoms with Gasteiger partial charge in [-0.2, -0.15) is 5.10 Å². The van der Waals surface area contributed by atoms with Crippen molar-refractivity contribution in [2.75, 3.05) is 18.5 Å². The molecular weight excluding hydrogens is 412 g/mol. The van der Waals surface area contributed by atoms with Gasteiger partial charge in [0.25, 0.3) is 5.91 Å². The number of thiazole rings is 1. The van der Waals surface area contributed by atoms with Crippen molar-refractivity contribution in [3.63, 3.8) is 0 Å². The monoisotopic (exact) mass is 432 g/mol. The number of halogens is 1. The molecule has 0 atom stereocenters. The normalized spacial score (nSPS) is 13.0. The lowest BCUT2D eigenvalue weighted by Crippen LogP contribution is -2.15. The van der Waals surface area contributed by atoms with Crippen LogP contribution < -0.4 is 14.8 Å². The Bertz CT molecular complexity index is 1060. The van der Waals surface area contributed by atoms with Crippen LogP contribution >= 0.6 is 22.9 Å². The molecule has 1 aromatic carbocycles. The SMILES string of the molecule is Cc1nn(CC(C)C)c(Cl)c1C(=O)Nc1nc(-c2ccc3c(c2)OCCO3)cs1. The fourth-order valence-corrected chi connectivity index (χ4v) is 4.15. The van der Waals surface area contributed by atoms with Crippen molar-refractivity contribution in [3.05, 3.63) is 40.0 Å². The number of aryl methyl sites for hydroxylation is 1. The first-order valence-corrected chi connectivity index (χ1v) is 10.6. The molecule has 0 unspecified atom stereocenters. The van der Waals surface area contributed by atoms with Gasteiger partial charge < -0.3 is 9.47 Å². The van der Waals surface area contributed by atoms with Crippen LogP contribution in [0.3, 0.4) is 0 Å². The van der Waals surface area contributed by atoms with Gasteiger partial charge in [0.15, 0.2) is 16.6 Å². The number of carbonyl (C=O) groups is 1. The van der Waals surface area contributed by atoms with Gasteiger partial charge in [-0.25, -0.2) is 4.98 Å². The zero-order valence-electron chi connectivity index (χ0n) is 16.4. The summed E-state index contributed by atoms with van der Waals surface area (Å²) in [6.45, 7) is 7.65. The molecule has 2 aromatic heterocycles. The summed E-state index contributed by atoms with van der Waals surface area (Å²) in [5.41, 5.74) is 2.62. The molecule has 0 spiro atoms. The molecule has 29 heavy (non-hydrogen) atoms. The number of anilines is 1. The number of hydrogen-bond donors (Lipinski definition) is 1. The van der Waals surface area contributed by atoms with Gasteiger partial charge in [-0.05, 0) is 31.0 Å². The molecule has 0 saturated heterocycles. The van der Waals surface area contributed by atoms with Crippen molar-refractivity contribution in [2.24, 2.45) is 5.92 Å². The summed E-state index contributed by atoms with van der Waals surface area (Å²) in [4.78, 5) is 17.3. The molecule has 152 valence electrons. The van der Waals surface area contributed by atoms with Crippen LogP contribution in [0.1, 0.15) is 29.9 Å².